The summed E-state index contributed by atoms with van der Waals surface area (Å²) in [6.07, 6.45) is 6.58. The van der Waals surface area contributed by atoms with Crippen LogP contribution in [0, 0.1) is 11.3 Å². The average molecular weight is 426 g/mol. The van der Waals surface area contributed by atoms with Crippen LogP contribution in [0.4, 0.5) is 17.6 Å². The van der Waals surface area contributed by atoms with Gasteiger partial charge in [0, 0.05) is 44.3 Å². The number of nitrogens with two attached hydrogens (primary N) is 1. The SMILES string of the molecule is CN=CC(Nc1ncc(Cl)c(NC2CCN(c3ccc(C#N)cn3)CC2)n1)=C(C)N. The molecular formula is C20H24ClN9. The van der Waals surface area contributed by atoms with Crippen LogP contribution >= 0.6 is 11.6 Å². The largest absolute Gasteiger partial charge is 0.401 e. The van der Waals surface area contributed by atoms with E-state index in [-0.39, 0.29) is 6.04 Å². The van der Waals surface area contributed by atoms with Gasteiger partial charge in [0.1, 0.15) is 16.9 Å². The van der Waals surface area contributed by atoms with Crippen LogP contribution in [0.1, 0.15) is 25.3 Å². The molecule has 10 heteroatoms. The lowest BCUT2D eigenvalue weighted by atomic mass is 10.0. The molecule has 1 aliphatic heterocycles. The molecule has 0 spiro atoms. The van der Waals surface area contributed by atoms with Crippen molar-refractivity contribution in [2.24, 2.45) is 10.7 Å². The first-order chi connectivity index (χ1) is 14.5. The third-order valence-electron chi connectivity index (χ3n) is 4.71. The van der Waals surface area contributed by atoms with E-state index in [1.54, 1.807) is 38.6 Å². The molecule has 2 aromatic rings. The molecule has 156 valence electrons. The summed E-state index contributed by atoms with van der Waals surface area (Å²) in [6, 6.07) is 5.99. The number of aliphatic imine (C=N–C) groups is 1. The molecule has 0 saturated carbocycles. The number of nitrogens with one attached hydrogen (secondary N) is 2. The van der Waals surface area contributed by atoms with E-state index in [2.05, 4.69) is 41.5 Å². The Morgan fingerprint density at radius 2 is 2.10 bits per heavy atom. The van der Waals surface area contributed by atoms with Gasteiger partial charge in [-0.25, -0.2) is 9.97 Å². The number of hydrogen-bond acceptors (Lipinski definition) is 9. The van der Waals surface area contributed by atoms with Crippen LogP contribution in [0.15, 0.2) is 40.9 Å². The predicted molar refractivity (Wildman–Crippen MR) is 120 cm³/mol. The molecule has 3 rings (SSSR count). The minimum atomic E-state index is 0.225. The van der Waals surface area contributed by atoms with Crippen molar-refractivity contribution in [2.75, 3.05) is 35.7 Å². The number of nitriles is 1. The Labute approximate surface area is 180 Å². The van der Waals surface area contributed by atoms with Gasteiger partial charge in [0.25, 0.3) is 0 Å². The van der Waals surface area contributed by atoms with Gasteiger partial charge < -0.3 is 21.3 Å². The zero-order chi connectivity index (χ0) is 21.5. The number of hydrogen-bond donors (Lipinski definition) is 3. The topological polar surface area (TPSA) is 128 Å². The second kappa shape index (κ2) is 9.89. The summed E-state index contributed by atoms with van der Waals surface area (Å²) in [5.41, 5.74) is 7.64. The van der Waals surface area contributed by atoms with Crippen molar-refractivity contribution in [2.45, 2.75) is 25.8 Å². The molecule has 9 nitrogen and oxygen atoms in total. The first kappa shape index (κ1) is 21.3. The Morgan fingerprint density at radius 3 is 2.70 bits per heavy atom. The number of aromatic nitrogens is 3. The zero-order valence-electron chi connectivity index (χ0n) is 16.9. The van der Waals surface area contributed by atoms with Gasteiger partial charge in [-0.15, -0.1) is 0 Å². The van der Waals surface area contributed by atoms with Crippen LogP contribution in [0.5, 0.6) is 0 Å². The molecule has 30 heavy (non-hydrogen) atoms. The summed E-state index contributed by atoms with van der Waals surface area (Å²) < 4.78 is 0. The number of piperidine rings is 1. The summed E-state index contributed by atoms with van der Waals surface area (Å²) in [6.45, 7) is 3.46. The fourth-order valence-corrected chi connectivity index (χ4v) is 3.24. The van der Waals surface area contributed by atoms with E-state index in [9.17, 15) is 0 Å². The Bertz CT molecular complexity index is 967. The Hall–Kier alpha value is -3.38. The number of pyridine rings is 1. The molecule has 1 aliphatic rings. The molecule has 0 aliphatic carbocycles. The summed E-state index contributed by atoms with van der Waals surface area (Å²) in [7, 11) is 1.67. The first-order valence-electron chi connectivity index (χ1n) is 9.56. The first-order valence-corrected chi connectivity index (χ1v) is 9.93. The molecule has 4 N–H and O–H groups in total. The molecule has 0 bridgehead atoms. The van der Waals surface area contributed by atoms with Gasteiger partial charge in [0.2, 0.25) is 5.95 Å². The minimum absolute atomic E-state index is 0.225. The maximum atomic E-state index is 8.90. The van der Waals surface area contributed by atoms with Gasteiger partial charge in [0.05, 0.1) is 17.5 Å². The van der Waals surface area contributed by atoms with Gasteiger partial charge in [-0.05, 0) is 31.9 Å². The molecule has 0 unspecified atom stereocenters. The summed E-state index contributed by atoms with van der Waals surface area (Å²) in [5, 5.41) is 15.8. The second-order valence-electron chi connectivity index (χ2n) is 6.92. The highest BCUT2D eigenvalue weighted by Gasteiger charge is 2.21. The van der Waals surface area contributed by atoms with Crippen molar-refractivity contribution in [3.8, 4) is 6.07 Å². The quantitative estimate of drug-likeness (QED) is 0.602. The lowest BCUT2D eigenvalue weighted by Crippen LogP contribution is -2.39. The standard InChI is InChI=1S/C20H24ClN9/c1-13(23)17(12-24-2)28-20-26-11-16(21)19(29-20)27-15-5-7-30(8-6-15)18-4-3-14(9-22)10-25-18/h3-4,10-12,15H,5-8,23H2,1-2H3,(H2,26,27,28,29). The number of rotatable bonds is 6. The summed E-state index contributed by atoms with van der Waals surface area (Å²) in [4.78, 5) is 19.3. The zero-order valence-corrected chi connectivity index (χ0v) is 17.7. The van der Waals surface area contributed by atoms with Gasteiger partial charge >= 0.3 is 0 Å². The molecule has 2 aromatic heterocycles. The average Bonchev–Trinajstić information content (AvgIpc) is 2.76. The number of allylic oxidation sites excluding steroid dienone is 2. The Morgan fingerprint density at radius 1 is 1.33 bits per heavy atom. The lowest BCUT2D eigenvalue weighted by Gasteiger charge is -2.33. The van der Waals surface area contributed by atoms with Crippen molar-refractivity contribution in [3.05, 3.63) is 46.5 Å². The minimum Gasteiger partial charge on any atom is -0.401 e. The fourth-order valence-electron chi connectivity index (χ4n) is 3.10. The smallest absolute Gasteiger partial charge is 0.229 e. The van der Waals surface area contributed by atoms with Crippen LogP contribution in [-0.2, 0) is 0 Å². The van der Waals surface area contributed by atoms with Crippen LogP contribution in [-0.4, -0.2) is 47.3 Å². The molecule has 1 fully saturated rings. The van der Waals surface area contributed by atoms with Crippen molar-refractivity contribution >= 4 is 35.4 Å². The van der Waals surface area contributed by atoms with Crippen LogP contribution < -0.4 is 21.3 Å². The van der Waals surface area contributed by atoms with E-state index < -0.39 is 0 Å². The predicted octanol–water partition coefficient (Wildman–Crippen LogP) is 2.78. The maximum Gasteiger partial charge on any atom is 0.229 e. The van der Waals surface area contributed by atoms with Crippen LogP contribution in [0.3, 0.4) is 0 Å². The van der Waals surface area contributed by atoms with E-state index in [0.717, 1.165) is 31.7 Å². The van der Waals surface area contributed by atoms with Crippen molar-refractivity contribution < 1.29 is 0 Å². The van der Waals surface area contributed by atoms with Crippen molar-refractivity contribution in [1.29, 1.82) is 5.26 Å². The molecule has 0 amide bonds. The molecular weight excluding hydrogens is 402 g/mol. The van der Waals surface area contributed by atoms with Crippen LogP contribution in [0.25, 0.3) is 0 Å². The summed E-state index contributed by atoms with van der Waals surface area (Å²) in [5.74, 6) is 1.85. The highest BCUT2D eigenvalue weighted by molar-refractivity contribution is 6.32. The van der Waals surface area contributed by atoms with E-state index >= 15 is 0 Å². The number of halogens is 1. The van der Waals surface area contributed by atoms with Gasteiger partial charge in [-0.1, -0.05) is 11.6 Å². The van der Waals surface area contributed by atoms with Crippen molar-refractivity contribution in [1.82, 2.24) is 15.0 Å². The fraction of sp³-hybridized carbons (Fsp3) is 0.350. The molecule has 3 heterocycles. The van der Waals surface area contributed by atoms with Gasteiger partial charge in [-0.2, -0.15) is 10.2 Å². The van der Waals surface area contributed by atoms with Crippen molar-refractivity contribution in [3.63, 3.8) is 0 Å². The third-order valence-corrected chi connectivity index (χ3v) is 4.99. The normalized spacial score (nSPS) is 15.6. The highest BCUT2D eigenvalue weighted by Crippen LogP contribution is 2.25. The number of nitrogens with zero attached hydrogens (tertiary/aromatic N) is 6. The third kappa shape index (κ3) is 5.36. The monoisotopic (exact) mass is 425 g/mol. The lowest BCUT2D eigenvalue weighted by molar-refractivity contribution is 0.522. The number of anilines is 3. The second-order valence-corrected chi connectivity index (χ2v) is 7.33. The highest BCUT2D eigenvalue weighted by atomic mass is 35.5. The summed E-state index contributed by atoms with van der Waals surface area (Å²) >= 11 is 6.30. The Balaban J connectivity index is 1.63. The van der Waals surface area contributed by atoms with E-state index in [0.29, 0.717) is 33.7 Å². The van der Waals surface area contributed by atoms with Crippen LogP contribution in [0.2, 0.25) is 5.02 Å². The van der Waals surface area contributed by atoms with E-state index in [1.807, 2.05) is 6.07 Å². The van der Waals surface area contributed by atoms with Gasteiger partial charge in [-0.3, -0.25) is 4.99 Å². The molecule has 0 atom stereocenters. The van der Waals surface area contributed by atoms with Gasteiger partial charge in [0.15, 0.2) is 5.82 Å². The maximum absolute atomic E-state index is 8.90. The molecule has 0 radical (unpaired) electrons. The van der Waals surface area contributed by atoms with E-state index in [1.165, 1.54) is 0 Å². The molecule has 1 saturated heterocycles. The molecule has 0 aromatic carbocycles. The van der Waals surface area contributed by atoms with E-state index in [4.69, 9.17) is 22.6 Å². The Kier molecular flexibility index (Phi) is 7.03.